The quantitative estimate of drug-likeness (QED) is 0.514. The number of Topliss-reactive ketones (excluding diaryl/α,β-unsaturated/α-hetero) is 1. The molecule has 0 aliphatic heterocycles. The summed E-state index contributed by atoms with van der Waals surface area (Å²) < 4.78 is 0. The lowest BCUT2D eigenvalue weighted by molar-refractivity contribution is -0.125. The highest BCUT2D eigenvalue weighted by molar-refractivity contribution is 6.21. The summed E-state index contributed by atoms with van der Waals surface area (Å²) in [5.41, 5.74) is 0.470. The smallest absolute Gasteiger partial charge is 0.170 e. The van der Waals surface area contributed by atoms with Crippen LogP contribution in [0.5, 0.6) is 0 Å². The number of hydrogen-bond donors (Lipinski definition) is 0. The number of carbonyl (C=O) groups excluding carboxylic acids is 2. The van der Waals surface area contributed by atoms with Crippen molar-refractivity contribution in [1.82, 2.24) is 0 Å². The molecule has 1 rings (SSSR count). The number of allylic oxidation sites excluding steroid dienone is 2. The zero-order chi connectivity index (χ0) is 9.52. The Hall–Kier alpha value is -0.920. The van der Waals surface area contributed by atoms with Gasteiger partial charge >= 0.3 is 0 Å². The molecule has 0 saturated heterocycles. The molecule has 66 valence electrons. The van der Waals surface area contributed by atoms with Crippen molar-refractivity contribution in [3.63, 3.8) is 0 Å². The van der Waals surface area contributed by atoms with Gasteiger partial charge < -0.3 is 0 Å². The first-order chi connectivity index (χ1) is 5.34. The van der Waals surface area contributed by atoms with E-state index < -0.39 is 5.92 Å². The highest BCUT2D eigenvalue weighted by Gasteiger charge is 2.36. The monoisotopic (exact) mass is 166 g/mol. The van der Waals surface area contributed by atoms with Crippen molar-refractivity contribution >= 4 is 11.6 Å². The lowest BCUT2D eigenvalue weighted by atomic mass is 9.84. The predicted octanol–water partition coefficient (Wildman–Crippen LogP) is 1.75. The summed E-state index contributed by atoms with van der Waals surface area (Å²) in [6.07, 6.45) is 1.49. The van der Waals surface area contributed by atoms with Crippen LogP contribution in [-0.2, 0) is 9.59 Å². The van der Waals surface area contributed by atoms with Crippen molar-refractivity contribution in [1.29, 1.82) is 0 Å². The Labute approximate surface area is 72.7 Å². The fraction of sp³-hybridized carbons (Fsp3) is 0.600. The number of rotatable bonds is 0. The lowest BCUT2D eigenvalue weighted by Crippen LogP contribution is -2.19. The van der Waals surface area contributed by atoms with Gasteiger partial charge in [0.1, 0.15) is 0 Å². The van der Waals surface area contributed by atoms with E-state index in [0.29, 0.717) is 5.57 Å². The third kappa shape index (κ3) is 1.33. The molecule has 0 aromatic carbocycles. The van der Waals surface area contributed by atoms with Gasteiger partial charge in [-0.1, -0.05) is 20.8 Å². The standard InChI is InChI=1S/C10H14O2/c1-6-8(11)5-7(9(6)12)10(2,3)4/h5-6H,1-4H3. The Morgan fingerprint density at radius 3 is 1.92 bits per heavy atom. The summed E-state index contributed by atoms with van der Waals surface area (Å²) >= 11 is 0. The summed E-state index contributed by atoms with van der Waals surface area (Å²) in [5, 5.41) is 0. The van der Waals surface area contributed by atoms with Crippen LogP contribution in [0.25, 0.3) is 0 Å². The zero-order valence-electron chi connectivity index (χ0n) is 7.97. The molecule has 0 saturated carbocycles. The molecule has 0 spiro atoms. The Kier molecular flexibility index (Phi) is 1.94. The molecule has 0 radical (unpaired) electrons. The average Bonchev–Trinajstić information content (AvgIpc) is 2.15. The van der Waals surface area contributed by atoms with Crippen LogP contribution in [-0.4, -0.2) is 11.6 Å². The van der Waals surface area contributed by atoms with Crippen LogP contribution in [0.1, 0.15) is 27.7 Å². The van der Waals surface area contributed by atoms with Crippen LogP contribution in [0.15, 0.2) is 11.6 Å². The predicted molar refractivity (Wildman–Crippen MR) is 46.7 cm³/mol. The fourth-order valence-corrected chi connectivity index (χ4v) is 1.29. The van der Waals surface area contributed by atoms with E-state index in [2.05, 4.69) is 0 Å². The SMILES string of the molecule is CC1C(=O)C=C(C(C)(C)C)C1=O. The molecule has 2 nitrogen and oxygen atoms in total. The largest absolute Gasteiger partial charge is 0.294 e. The number of carbonyl (C=O) groups is 2. The van der Waals surface area contributed by atoms with Gasteiger partial charge in [-0.15, -0.1) is 0 Å². The van der Waals surface area contributed by atoms with Crippen LogP contribution >= 0.6 is 0 Å². The Morgan fingerprint density at radius 2 is 1.75 bits per heavy atom. The van der Waals surface area contributed by atoms with Crippen LogP contribution < -0.4 is 0 Å². The second-order valence-corrected chi connectivity index (χ2v) is 4.30. The van der Waals surface area contributed by atoms with E-state index in [1.165, 1.54) is 6.08 Å². The highest BCUT2D eigenvalue weighted by atomic mass is 16.2. The summed E-state index contributed by atoms with van der Waals surface area (Å²) in [6, 6.07) is 0. The van der Waals surface area contributed by atoms with E-state index in [4.69, 9.17) is 0 Å². The molecular formula is C10H14O2. The highest BCUT2D eigenvalue weighted by Crippen LogP contribution is 2.32. The molecule has 2 heteroatoms. The van der Waals surface area contributed by atoms with E-state index in [1.807, 2.05) is 20.8 Å². The van der Waals surface area contributed by atoms with Gasteiger partial charge in [0.25, 0.3) is 0 Å². The van der Waals surface area contributed by atoms with Gasteiger partial charge in [-0.2, -0.15) is 0 Å². The van der Waals surface area contributed by atoms with Crippen molar-refractivity contribution in [3.05, 3.63) is 11.6 Å². The van der Waals surface area contributed by atoms with Crippen LogP contribution in [0, 0.1) is 11.3 Å². The molecule has 1 unspecified atom stereocenters. The summed E-state index contributed by atoms with van der Waals surface area (Å²) in [4.78, 5) is 22.6. The molecule has 12 heavy (non-hydrogen) atoms. The minimum atomic E-state index is -0.445. The van der Waals surface area contributed by atoms with Crippen molar-refractivity contribution in [2.24, 2.45) is 11.3 Å². The van der Waals surface area contributed by atoms with Crippen molar-refractivity contribution < 1.29 is 9.59 Å². The summed E-state index contributed by atoms with van der Waals surface area (Å²) in [6.45, 7) is 7.51. The van der Waals surface area contributed by atoms with Crippen LogP contribution in [0.4, 0.5) is 0 Å². The molecule has 0 fully saturated rings. The first-order valence-corrected chi connectivity index (χ1v) is 4.14. The first kappa shape index (κ1) is 9.17. The first-order valence-electron chi connectivity index (χ1n) is 4.14. The molecule has 0 amide bonds. The maximum absolute atomic E-state index is 11.5. The molecule has 0 N–H and O–H groups in total. The van der Waals surface area contributed by atoms with Crippen LogP contribution in [0.2, 0.25) is 0 Å². The normalized spacial score (nSPS) is 24.7. The Balaban J connectivity index is 3.03. The molecule has 0 aromatic rings. The third-order valence-electron chi connectivity index (χ3n) is 2.18. The second kappa shape index (κ2) is 2.54. The minimum Gasteiger partial charge on any atom is -0.294 e. The Bertz CT molecular complexity index is 266. The maximum Gasteiger partial charge on any atom is 0.170 e. The molecule has 0 bridgehead atoms. The molecule has 0 aromatic heterocycles. The molecule has 0 heterocycles. The minimum absolute atomic E-state index is 0.00694. The summed E-state index contributed by atoms with van der Waals surface area (Å²) in [7, 11) is 0. The van der Waals surface area contributed by atoms with E-state index in [0.717, 1.165) is 0 Å². The van der Waals surface area contributed by atoms with E-state index >= 15 is 0 Å². The Morgan fingerprint density at radius 1 is 1.25 bits per heavy atom. The van der Waals surface area contributed by atoms with Gasteiger partial charge in [0.05, 0.1) is 5.92 Å². The van der Waals surface area contributed by atoms with Gasteiger partial charge in [0.2, 0.25) is 0 Å². The molecular weight excluding hydrogens is 152 g/mol. The average molecular weight is 166 g/mol. The maximum atomic E-state index is 11.5. The molecule has 1 aliphatic carbocycles. The van der Waals surface area contributed by atoms with Gasteiger partial charge in [0.15, 0.2) is 11.6 Å². The van der Waals surface area contributed by atoms with Crippen molar-refractivity contribution in [2.75, 3.05) is 0 Å². The topological polar surface area (TPSA) is 34.1 Å². The molecule has 1 atom stereocenters. The number of hydrogen-bond acceptors (Lipinski definition) is 2. The second-order valence-electron chi connectivity index (χ2n) is 4.30. The third-order valence-corrected chi connectivity index (χ3v) is 2.18. The summed E-state index contributed by atoms with van der Waals surface area (Å²) in [5.74, 6) is -0.503. The van der Waals surface area contributed by atoms with Crippen molar-refractivity contribution in [2.45, 2.75) is 27.7 Å². The molecule has 1 aliphatic rings. The van der Waals surface area contributed by atoms with Gasteiger partial charge in [-0.3, -0.25) is 9.59 Å². The zero-order valence-corrected chi connectivity index (χ0v) is 7.97. The van der Waals surface area contributed by atoms with Crippen LogP contribution in [0.3, 0.4) is 0 Å². The van der Waals surface area contributed by atoms with E-state index in [9.17, 15) is 9.59 Å². The fourth-order valence-electron chi connectivity index (χ4n) is 1.29. The van der Waals surface area contributed by atoms with E-state index in [1.54, 1.807) is 6.92 Å². The van der Waals surface area contributed by atoms with E-state index in [-0.39, 0.29) is 17.0 Å². The van der Waals surface area contributed by atoms with Gasteiger partial charge in [0, 0.05) is 5.57 Å². The van der Waals surface area contributed by atoms with Gasteiger partial charge in [-0.05, 0) is 18.4 Å². The van der Waals surface area contributed by atoms with Crippen molar-refractivity contribution in [3.8, 4) is 0 Å². The number of ketones is 2. The van der Waals surface area contributed by atoms with Gasteiger partial charge in [-0.25, -0.2) is 0 Å². The lowest BCUT2D eigenvalue weighted by Gasteiger charge is -2.18.